The van der Waals surface area contributed by atoms with Gasteiger partial charge in [-0.25, -0.2) is 37.8 Å². The van der Waals surface area contributed by atoms with Crippen molar-refractivity contribution in [1.29, 1.82) is 0 Å². The van der Waals surface area contributed by atoms with Crippen molar-refractivity contribution in [2.45, 2.75) is 44.8 Å². The Balaban J connectivity index is 1.23. The Morgan fingerprint density at radius 3 is 2.37 bits per heavy atom. The van der Waals surface area contributed by atoms with Gasteiger partial charge in [0, 0.05) is 48.1 Å². The van der Waals surface area contributed by atoms with Crippen LogP contribution in [0.5, 0.6) is 23.0 Å². The number of imide groups is 1. The first-order valence-corrected chi connectivity index (χ1v) is 19.0. The lowest BCUT2D eigenvalue weighted by Crippen LogP contribution is -2.49. The minimum absolute atomic E-state index is 0.0602. The fraction of sp³-hybridized carbons (Fsp3) is 0.333. The largest absolute Gasteiger partial charge is 0.504 e. The second-order valence-electron chi connectivity index (χ2n) is 14.4. The molecule has 4 heterocycles. The summed E-state index contributed by atoms with van der Waals surface area (Å²) in [6.45, 7) is 1.36. The van der Waals surface area contributed by atoms with Gasteiger partial charge in [-0.15, -0.1) is 0 Å². The van der Waals surface area contributed by atoms with Gasteiger partial charge < -0.3 is 23.9 Å². The van der Waals surface area contributed by atoms with Crippen LogP contribution in [0.25, 0.3) is 11.0 Å². The molecule has 2 aromatic heterocycles. The highest BCUT2D eigenvalue weighted by molar-refractivity contribution is 9.10. The minimum Gasteiger partial charge on any atom is -0.504 e. The van der Waals surface area contributed by atoms with Crippen LogP contribution < -0.4 is 36.0 Å². The number of allylic oxidation sites excluding steroid dienone is 2. The third-order valence-electron chi connectivity index (χ3n) is 11.6. The third-order valence-corrected chi connectivity index (χ3v) is 12.3. The van der Waals surface area contributed by atoms with Crippen LogP contribution in [0.1, 0.15) is 36.6 Å². The standard InChI is InChI=1S/C39H35BrClFN6O9/c1-39-22(34(50)47(36(39)52)19-6-7-24(42)23(41)14-19)15-27-20(32(39)21-12-18(40)13-31(57-5)33(21)49)8-11-46-37(53)45(38(54)48(27)46)10-9-25-35(51)44(2)28-17-30(56-4)29(55-3)16-26(28)43-25/h6-8,12-14,16-17,22,27,32,49H,9-11,15H2,1-5H3/t22-,27+,32+,39+/m0/s1. The number of anilines is 1. The number of ether oxygens (including phenoxy) is 3. The van der Waals surface area contributed by atoms with E-state index in [1.165, 1.54) is 47.4 Å². The Hall–Kier alpha value is -5.68. The fourth-order valence-electron chi connectivity index (χ4n) is 8.79. The molecule has 57 heavy (non-hydrogen) atoms. The van der Waals surface area contributed by atoms with Gasteiger partial charge >= 0.3 is 11.4 Å². The molecule has 296 valence electrons. The Morgan fingerprint density at radius 2 is 1.68 bits per heavy atom. The molecule has 15 nitrogen and oxygen atoms in total. The lowest BCUT2D eigenvalue weighted by Gasteiger charge is -2.47. The summed E-state index contributed by atoms with van der Waals surface area (Å²) < 4.78 is 36.0. The van der Waals surface area contributed by atoms with Gasteiger partial charge in [-0.2, -0.15) is 0 Å². The van der Waals surface area contributed by atoms with Crippen molar-refractivity contribution in [1.82, 2.24) is 23.5 Å². The molecule has 1 saturated heterocycles. The van der Waals surface area contributed by atoms with Gasteiger partial charge in [-0.1, -0.05) is 33.6 Å². The summed E-state index contributed by atoms with van der Waals surface area (Å²) in [6, 6.07) is 9.07. The van der Waals surface area contributed by atoms with Gasteiger partial charge in [0.05, 0.1) is 67.0 Å². The minimum atomic E-state index is -1.54. The van der Waals surface area contributed by atoms with Crippen molar-refractivity contribution in [2.24, 2.45) is 18.4 Å². The lowest BCUT2D eigenvalue weighted by molar-refractivity contribution is -0.129. The molecule has 0 spiro atoms. The number of carbonyl (C=O) groups excluding carboxylic acids is 2. The van der Waals surface area contributed by atoms with E-state index in [4.69, 9.17) is 25.8 Å². The normalized spacial score (nSPS) is 21.3. The molecule has 2 fully saturated rings. The maximum absolute atomic E-state index is 14.7. The molecule has 1 saturated carbocycles. The number of aromatic hydroxyl groups is 1. The number of hydrogen-bond acceptors (Lipinski definition) is 10. The molecular formula is C39H35BrClFN6O9. The number of benzene rings is 3. The zero-order valence-corrected chi connectivity index (χ0v) is 33.6. The Bertz CT molecular complexity index is 2790. The molecular weight excluding hydrogens is 831 g/mol. The van der Waals surface area contributed by atoms with Crippen LogP contribution in [-0.2, 0) is 36.1 Å². The summed E-state index contributed by atoms with van der Waals surface area (Å²) in [7, 11) is 5.92. The zero-order chi connectivity index (χ0) is 40.8. The highest BCUT2D eigenvalue weighted by Gasteiger charge is 2.66. The predicted octanol–water partition coefficient (Wildman–Crippen LogP) is 4.45. The number of hydrogen-bond donors (Lipinski definition) is 1. The molecule has 0 radical (unpaired) electrons. The summed E-state index contributed by atoms with van der Waals surface area (Å²) >= 11 is 9.58. The van der Waals surface area contributed by atoms with E-state index in [0.29, 0.717) is 32.6 Å². The Labute approximate surface area is 336 Å². The predicted molar refractivity (Wildman–Crippen MR) is 209 cm³/mol. The maximum Gasteiger partial charge on any atom is 0.347 e. The van der Waals surface area contributed by atoms with E-state index < -0.39 is 57.9 Å². The molecule has 1 N–H and O–H groups in total. The summed E-state index contributed by atoms with van der Waals surface area (Å²) in [5.74, 6) is -3.41. The van der Waals surface area contributed by atoms with Gasteiger partial charge in [0.1, 0.15) is 11.5 Å². The molecule has 3 aliphatic rings. The van der Waals surface area contributed by atoms with E-state index in [0.717, 1.165) is 15.5 Å². The molecule has 1 aliphatic carbocycles. The fourth-order valence-corrected chi connectivity index (χ4v) is 9.42. The lowest BCUT2D eigenvalue weighted by atomic mass is 9.56. The van der Waals surface area contributed by atoms with Gasteiger partial charge in [-0.05, 0) is 49.2 Å². The number of phenols is 1. The van der Waals surface area contributed by atoms with E-state index in [-0.39, 0.29) is 59.4 Å². The highest BCUT2D eigenvalue weighted by atomic mass is 79.9. The molecule has 4 atom stereocenters. The van der Waals surface area contributed by atoms with Crippen LogP contribution in [0, 0.1) is 17.2 Å². The number of methoxy groups -OCH3 is 3. The van der Waals surface area contributed by atoms with Crippen molar-refractivity contribution >= 4 is 56.1 Å². The van der Waals surface area contributed by atoms with Gasteiger partial charge in [0.25, 0.3) is 5.56 Å². The van der Waals surface area contributed by atoms with Gasteiger partial charge in [0.15, 0.2) is 23.0 Å². The molecule has 8 rings (SSSR count). The number of carbonyl (C=O) groups is 2. The number of nitrogens with zero attached hydrogens (tertiary/aromatic N) is 6. The maximum atomic E-state index is 14.7. The second-order valence-corrected chi connectivity index (χ2v) is 15.7. The SMILES string of the molecule is COc1cc2nc(CCn3c(=O)n4n(c3=O)[C@@H]3C[C@H]5C(=O)N(c6ccc(F)c(Cl)c6)C(=O)[C@@]5(C)[C@@H](c5cc(Br)cc(OC)c5O)C3=CC4)c(=O)n(C)c2cc1OC. The molecule has 2 amide bonds. The van der Waals surface area contributed by atoms with Crippen molar-refractivity contribution in [2.75, 3.05) is 26.2 Å². The number of phenolic OH excluding ortho intramolecular Hbond substituents is 1. The van der Waals surface area contributed by atoms with E-state index in [1.54, 1.807) is 44.3 Å². The summed E-state index contributed by atoms with van der Waals surface area (Å²) in [5.41, 5.74) is -1.42. The van der Waals surface area contributed by atoms with E-state index in [9.17, 15) is 33.5 Å². The quantitative estimate of drug-likeness (QED) is 0.174. The van der Waals surface area contributed by atoms with Crippen LogP contribution in [0.3, 0.4) is 0 Å². The zero-order valence-electron chi connectivity index (χ0n) is 31.2. The second kappa shape index (κ2) is 13.8. The number of aromatic nitrogens is 5. The first-order chi connectivity index (χ1) is 27.2. The summed E-state index contributed by atoms with van der Waals surface area (Å²) in [4.78, 5) is 76.6. The van der Waals surface area contributed by atoms with Crippen LogP contribution in [0.4, 0.5) is 10.1 Å². The van der Waals surface area contributed by atoms with Crippen molar-refractivity contribution in [3.8, 4) is 23.0 Å². The van der Waals surface area contributed by atoms with Crippen molar-refractivity contribution in [3.05, 3.63) is 112 Å². The first-order valence-electron chi connectivity index (χ1n) is 17.8. The molecule has 0 unspecified atom stereocenters. The number of halogens is 3. The van der Waals surface area contributed by atoms with E-state index >= 15 is 0 Å². The number of fused-ring (bicyclic) bond motifs is 5. The average molecular weight is 866 g/mol. The molecule has 18 heteroatoms. The average Bonchev–Trinajstić information content (AvgIpc) is 3.55. The molecule has 3 aromatic carbocycles. The Morgan fingerprint density at radius 1 is 0.982 bits per heavy atom. The van der Waals surface area contributed by atoms with E-state index in [2.05, 4.69) is 20.9 Å². The first kappa shape index (κ1) is 38.2. The smallest absolute Gasteiger partial charge is 0.347 e. The van der Waals surface area contributed by atoms with E-state index in [1.807, 2.05) is 0 Å². The van der Waals surface area contributed by atoms with Crippen LogP contribution >= 0.6 is 27.5 Å². The van der Waals surface area contributed by atoms with Crippen LogP contribution in [0.15, 0.2) is 73.0 Å². The van der Waals surface area contributed by atoms with Crippen LogP contribution in [0.2, 0.25) is 5.02 Å². The topological polar surface area (TPSA) is 169 Å². The number of amides is 2. The number of rotatable bonds is 8. The summed E-state index contributed by atoms with van der Waals surface area (Å²) in [5, 5.41) is 11.3. The third kappa shape index (κ3) is 5.56. The monoisotopic (exact) mass is 864 g/mol. The Kier molecular flexibility index (Phi) is 9.22. The summed E-state index contributed by atoms with van der Waals surface area (Å²) in [6.07, 6.45) is 1.60. The molecule has 5 aromatic rings. The molecule has 0 bridgehead atoms. The van der Waals surface area contributed by atoms with Gasteiger partial charge in [0.2, 0.25) is 11.8 Å². The van der Waals surface area contributed by atoms with Crippen molar-refractivity contribution in [3.63, 3.8) is 0 Å². The van der Waals surface area contributed by atoms with Gasteiger partial charge in [-0.3, -0.25) is 14.4 Å². The van der Waals surface area contributed by atoms with Crippen molar-refractivity contribution < 1.29 is 33.3 Å². The highest BCUT2D eigenvalue weighted by Crippen LogP contribution is 2.63. The number of aryl methyl sites for hydroxylation is 2. The van der Waals surface area contributed by atoms with Crippen LogP contribution in [-0.4, -0.2) is 61.7 Å². The molecule has 2 aliphatic heterocycles.